The summed E-state index contributed by atoms with van der Waals surface area (Å²) in [5, 5.41) is 0. The Labute approximate surface area is 83.5 Å². The first-order chi connectivity index (χ1) is 3.46. The molecule has 10 heteroatoms. The molecule has 0 N–H and O–H groups in total. The largest absolute Gasteiger partial charge is 4.00 e. The van der Waals surface area contributed by atoms with Crippen LogP contribution in [-0.2, 0) is 35.1 Å². The Bertz CT molecular complexity index is 71.0. The van der Waals surface area contributed by atoms with Gasteiger partial charge in [0.05, 0.1) is 0 Å². The second-order valence-corrected chi connectivity index (χ2v) is 1.50. The first kappa shape index (κ1) is 22.4. The predicted octanol–water partition coefficient (Wildman–Crippen LogP) is -7.21. The summed E-state index contributed by atoms with van der Waals surface area (Å²) in [6.45, 7) is 0. The molecule has 0 aromatic heterocycles. The molecule has 0 heterocycles. The van der Waals surface area contributed by atoms with Gasteiger partial charge < -0.3 is 28.1 Å². The van der Waals surface area contributed by atoms with E-state index in [2.05, 4.69) is 0 Å². The Morgan fingerprint density at radius 1 is 0.800 bits per heavy atom. The van der Waals surface area contributed by atoms with E-state index in [1.165, 1.54) is 0 Å². The van der Waals surface area contributed by atoms with E-state index >= 15 is 0 Å². The van der Waals surface area contributed by atoms with Crippen molar-refractivity contribution >= 4 is 29.3 Å². The van der Waals surface area contributed by atoms with E-state index in [-0.39, 0.29) is 37.2 Å². The van der Waals surface area contributed by atoms with E-state index < -0.39 is 18.3 Å². The molecular weight excluding hydrogens is 271 g/mol. The van der Waals surface area contributed by atoms with E-state index in [9.17, 15) is 0 Å². The first-order valence-corrected chi connectivity index (χ1v) is 3.67. The van der Waals surface area contributed by atoms with Crippen LogP contribution in [0.2, 0.25) is 0 Å². The molecule has 0 atom stereocenters. The summed E-state index contributed by atoms with van der Waals surface area (Å²) in [6.07, 6.45) is 0. The summed E-state index contributed by atoms with van der Waals surface area (Å²) < 4.78 is 17.0. The Balaban J connectivity index is -0.0000000300. The molecule has 10 heavy (non-hydrogen) atoms. The molecule has 0 saturated heterocycles. The van der Waals surface area contributed by atoms with Crippen molar-refractivity contribution in [2.75, 3.05) is 0 Å². The van der Waals surface area contributed by atoms with Gasteiger partial charge in [-0.15, -0.1) is 0 Å². The van der Waals surface area contributed by atoms with E-state index in [1.807, 2.05) is 0 Å². The van der Waals surface area contributed by atoms with Gasteiger partial charge in [0.2, 0.25) is 0 Å². The third kappa shape index (κ3) is 4020. The van der Waals surface area contributed by atoms with Crippen molar-refractivity contribution < 1.29 is 54.3 Å². The predicted molar refractivity (Wildman–Crippen MR) is 24.2 cm³/mol. The van der Waals surface area contributed by atoms with Crippen LogP contribution in [0.4, 0.5) is 0 Å². The molecule has 0 aromatic rings. The molecule has 0 spiro atoms. The maximum Gasteiger partial charge on any atom is 4.00 e. The molecule has 0 aromatic carbocycles. The molecule has 0 aliphatic carbocycles. The summed E-state index contributed by atoms with van der Waals surface area (Å²) in [5.74, 6) is 0. The topological polar surface area (TPSA) is 126 Å². The fraction of sp³-hybridized carbons (Fsp3) is 0. The van der Waals surface area contributed by atoms with E-state index in [0.717, 1.165) is 0 Å². The van der Waals surface area contributed by atoms with Crippen LogP contribution in [0.25, 0.3) is 0 Å². The summed E-state index contributed by atoms with van der Waals surface area (Å²) in [7, 11) is -7.26. The second-order valence-electron chi connectivity index (χ2n) is 0.500. The molecule has 0 aliphatic heterocycles. The minimum absolute atomic E-state index is 0. The normalized spacial score (nSPS) is 4.80. The SMILES string of the molecule is O=[Si]([O-])[O-].O=[Si]([O-])[O-].[SiH4].[Zr+4]. The molecule has 56 valence electrons. The number of rotatable bonds is 0. The van der Waals surface area contributed by atoms with Gasteiger partial charge >= 0.3 is 26.2 Å². The van der Waals surface area contributed by atoms with Crippen LogP contribution in [0.3, 0.4) is 0 Å². The first-order valence-electron chi connectivity index (χ1n) is 1.22. The smallest absolute Gasteiger partial charge is 0.672 e. The fourth-order valence-electron chi connectivity index (χ4n) is 0. The van der Waals surface area contributed by atoms with E-state index in [0.29, 0.717) is 0 Å². The summed E-state index contributed by atoms with van der Waals surface area (Å²) >= 11 is 0. The van der Waals surface area contributed by atoms with Crippen LogP contribution in [0.1, 0.15) is 0 Å². The summed E-state index contributed by atoms with van der Waals surface area (Å²) in [6, 6.07) is 0. The quantitative estimate of drug-likeness (QED) is 0.404. The maximum absolute atomic E-state index is 8.52. The van der Waals surface area contributed by atoms with Gasteiger partial charge in [0.25, 0.3) is 0 Å². The second kappa shape index (κ2) is 16.2. The van der Waals surface area contributed by atoms with Gasteiger partial charge in [0.15, 0.2) is 0 Å². The van der Waals surface area contributed by atoms with Crippen molar-refractivity contribution in [3.63, 3.8) is 0 Å². The van der Waals surface area contributed by atoms with E-state index in [1.54, 1.807) is 0 Å². The molecule has 0 rings (SSSR count). The minimum atomic E-state index is -3.63. The van der Waals surface area contributed by atoms with Crippen molar-refractivity contribution in [3.8, 4) is 0 Å². The fourth-order valence-corrected chi connectivity index (χ4v) is 0. The maximum atomic E-state index is 8.52. The minimum Gasteiger partial charge on any atom is -0.672 e. The Morgan fingerprint density at radius 2 is 0.800 bits per heavy atom. The molecule has 0 unspecified atom stereocenters. The molecule has 0 bridgehead atoms. The van der Waals surface area contributed by atoms with Gasteiger partial charge in [0.1, 0.15) is 0 Å². The van der Waals surface area contributed by atoms with Crippen LogP contribution < -0.4 is 19.2 Å². The van der Waals surface area contributed by atoms with Gasteiger partial charge in [-0.3, -0.25) is 0 Å². The zero-order valence-electron chi connectivity index (χ0n) is 3.95. The van der Waals surface area contributed by atoms with Gasteiger partial charge in [-0.2, -0.15) is 0 Å². The average molecular weight is 276 g/mol. The van der Waals surface area contributed by atoms with Crippen LogP contribution >= 0.6 is 0 Å². The van der Waals surface area contributed by atoms with Crippen LogP contribution in [0.15, 0.2) is 0 Å². The van der Waals surface area contributed by atoms with Gasteiger partial charge in [0, 0.05) is 18.3 Å². The average Bonchev–Trinajstić information content (AvgIpc) is 1.25. The number of hydrogen-bond donors (Lipinski definition) is 0. The Morgan fingerprint density at radius 3 is 0.800 bits per heavy atom. The molecule has 6 nitrogen and oxygen atoms in total. The van der Waals surface area contributed by atoms with Crippen LogP contribution in [0, 0.1) is 0 Å². The van der Waals surface area contributed by atoms with Crippen molar-refractivity contribution in [2.45, 2.75) is 0 Å². The Hall–Kier alpha value is 0.334. The van der Waals surface area contributed by atoms with Crippen molar-refractivity contribution in [2.24, 2.45) is 0 Å². The van der Waals surface area contributed by atoms with Gasteiger partial charge in [-0.05, 0) is 11.0 Å². The molecule has 0 saturated carbocycles. The third-order valence-electron chi connectivity index (χ3n) is 0. The summed E-state index contributed by atoms with van der Waals surface area (Å²) in [4.78, 5) is 34.1. The molecule has 0 amide bonds. The molecule has 0 radical (unpaired) electrons. The van der Waals surface area contributed by atoms with E-state index in [4.69, 9.17) is 28.1 Å². The standard InChI is InChI=1S/2O3Si.H4Si.Zr/c2*1-4(2)3;;/h;;1H4;/q2*-2;;+4. The van der Waals surface area contributed by atoms with Crippen molar-refractivity contribution in [3.05, 3.63) is 0 Å². The third-order valence-corrected chi connectivity index (χ3v) is 0. The van der Waals surface area contributed by atoms with Crippen molar-refractivity contribution in [1.82, 2.24) is 0 Å². The van der Waals surface area contributed by atoms with Crippen LogP contribution in [-0.4, -0.2) is 29.3 Å². The zero-order valence-corrected chi connectivity index (χ0v) is 8.41. The van der Waals surface area contributed by atoms with Crippen LogP contribution in [0.5, 0.6) is 0 Å². The Kier molecular flexibility index (Phi) is 36.3. The summed E-state index contributed by atoms with van der Waals surface area (Å²) in [5.41, 5.74) is 0. The monoisotopic (exact) mass is 274 g/mol. The molecular formula is H4O6Si3Zr. The van der Waals surface area contributed by atoms with Gasteiger partial charge in [-0.25, -0.2) is 0 Å². The zero-order chi connectivity index (χ0) is 7.15. The number of hydrogen-bond acceptors (Lipinski definition) is 6. The molecule has 0 fully saturated rings. The molecule has 0 aliphatic rings. The van der Waals surface area contributed by atoms with Crippen molar-refractivity contribution in [1.29, 1.82) is 0 Å². The van der Waals surface area contributed by atoms with Gasteiger partial charge in [-0.1, -0.05) is 0 Å².